The van der Waals surface area contributed by atoms with Gasteiger partial charge in [0.15, 0.2) is 5.69 Å². The summed E-state index contributed by atoms with van der Waals surface area (Å²) in [4.78, 5) is 19.6. The minimum atomic E-state index is -0.00783. The second kappa shape index (κ2) is 7.52. The van der Waals surface area contributed by atoms with Gasteiger partial charge in [0.2, 0.25) is 0 Å². The molecule has 7 nitrogen and oxygen atoms in total. The number of aromatic nitrogens is 4. The lowest BCUT2D eigenvalue weighted by Crippen LogP contribution is -2.40. The highest BCUT2D eigenvalue weighted by Crippen LogP contribution is 2.28. The Hall–Kier alpha value is -2.67. The van der Waals surface area contributed by atoms with Crippen LogP contribution in [0.3, 0.4) is 0 Å². The minimum absolute atomic E-state index is 0.00783. The highest BCUT2D eigenvalue weighted by molar-refractivity contribution is 6.04. The quantitative estimate of drug-likeness (QED) is 0.752. The Morgan fingerprint density at radius 2 is 2.30 bits per heavy atom. The number of hydrogen-bond donors (Lipinski definition) is 1. The van der Waals surface area contributed by atoms with E-state index < -0.39 is 0 Å². The van der Waals surface area contributed by atoms with Crippen molar-refractivity contribution in [3.63, 3.8) is 0 Å². The first-order valence-corrected chi connectivity index (χ1v) is 9.41. The third-order valence-electron chi connectivity index (χ3n) is 5.28. The molecule has 1 amide bonds. The number of likely N-dealkylation sites (tertiary alicyclic amines) is 1. The van der Waals surface area contributed by atoms with Crippen LogP contribution < -0.4 is 0 Å². The molecule has 142 valence electrons. The van der Waals surface area contributed by atoms with Gasteiger partial charge in [0.05, 0.1) is 12.1 Å². The zero-order valence-corrected chi connectivity index (χ0v) is 15.8. The summed E-state index contributed by atoms with van der Waals surface area (Å²) < 4.78 is 7.33. The van der Waals surface area contributed by atoms with Crippen molar-refractivity contribution in [2.75, 3.05) is 26.8 Å². The lowest BCUT2D eigenvalue weighted by Gasteiger charge is -2.32. The van der Waals surface area contributed by atoms with Crippen LogP contribution in [0.2, 0.25) is 0 Å². The van der Waals surface area contributed by atoms with Crippen molar-refractivity contribution in [2.45, 2.75) is 32.2 Å². The molecule has 0 aliphatic carbocycles. The number of carbonyl (C=O) groups is 1. The predicted octanol–water partition coefficient (Wildman–Crippen LogP) is 2.73. The van der Waals surface area contributed by atoms with E-state index in [9.17, 15) is 4.79 Å². The van der Waals surface area contributed by atoms with Gasteiger partial charge in [-0.25, -0.2) is 4.98 Å². The van der Waals surface area contributed by atoms with Crippen molar-refractivity contribution in [2.24, 2.45) is 0 Å². The number of H-pyrrole nitrogens is 1. The average Bonchev–Trinajstić information content (AvgIpc) is 3.32. The summed E-state index contributed by atoms with van der Waals surface area (Å²) in [7, 11) is 1.70. The topological polar surface area (TPSA) is 76.0 Å². The van der Waals surface area contributed by atoms with Crippen molar-refractivity contribution >= 4 is 16.8 Å². The van der Waals surface area contributed by atoms with Gasteiger partial charge in [-0.15, -0.1) is 0 Å². The molecule has 4 rings (SSSR count). The van der Waals surface area contributed by atoms with Crippen molar-refractivity contribution < 1.29 is 9.53 Å². The first-order chi connectivity index (χ1) is 13.2. The molecule has 0 unspecified atom stereocenters. The van der Waals surface area contributed by atoms with E-state index in [-0.39, 0.29) is 11.8 Å². The van der Waals surface area contributed by atoms with Crippen molar-refractivity contribution in [3.05, 3.63) is 47.7 Å². The normalized spacial score (nSPS) is 17.6. The molecule has 1 fully saturated rings. The molecule has 2 aromatic heterocycles. The smallest absolute Gasteiger partial charge is 0.275 e. The number of ether oxygens (including phenoxy) is 1. The van der Waals surface area contributed by atoms with Gasteiger partial charge in [-0.3, -0.25) is 9.89 Å². The molecule has 1 saturated heterocycles. The molecule has 1 atom stereocenters. The van der Waals surface area contributed by atoms with Crippen LogP contribution in [0.1, 0.15) is 40.6 Å². The Morgan fingerprint density at radius 1 is 1.41 bits per heavy atom. The standard InChI is InChI=1S/C20H25N5O2/c1-14-5-6-17-16(12-14)18(23-22-17)20(26)25-8-3-4-15(13-25)19-21-7-9-24(19)10-11-27-2/h5-7,9,12,15H,3-4,8,10-11,13H2,1-2H3,(H,22,23)/t15-/m1/s1. The molecule has 0 spiro atoms. The SMILES string of the molecule is COCCn1ccnc1[C@@H]1CCCN(C(=O)c2n[nH]c3ccc(C)cc23)C1. The molecule has 1 aliphatic heterocycles. The van der Waals surface area contributed by atoms with Gasteiger partial charge in [-0.2, -0.15) is 5.10 Å². The molecule has 3 aromatic rings. The van der Waals surface area contributed by atoms with Crippen LogP contribution in [0.4, 0.5) is 0 Å². The lowest BCUT2D eigenvalue weighted by atomic mass is 9.96. The van der Waals surface area contributed by atoms with Crippen LogP contribution in [-0.2, 0) is 11.3 Å². The third kappa shape index (κ3) is 3.47. The number of fused-ring (bicyclic) bond motifs is 1. The molecule has 27 heavy (non-hydrogen) atoms. The first kappa shape index (κ1) is 17.7. The second-order valence-corrected chi connectivity index (χ2v) is 7.18. The molecule has 0 radical (unpaired) electrons. The van der Waals surface area contributed by atoms with Crippen molar-refractivity contribution in [3.8, 4) is 0 Å². The van der Waals surface area contributed by atoms with Crippen LogP contribution >= 0.6 is 0 Å². The highest BCUT2D eigenvalue weighted by atomic mass is 16.5. The zero-order valence-electron chi connectivity index (χ0n) is 15.8. The van der Waals surface area contributed by atoms with E-state index in [0.29, 0.717) is 18.8 Å². The van der Waals surface area contributed by atoms with Gasteiger partial charge in [0, 0.05) is 50.4 Å². The van der Waals surface area contributed by atoms with Gasteiger partial charge in [0.25, 0.3) is 5.91 Å². The third-order valence-corrected chi connectivity index (χ3v) is 5.28. The molecule has 1 aliphatic rings. The Bertz CT molecular complexity index is 945. The number of carbonyl (C=O) groups excluding carboxylic acids is 1. The number of nitrogens with one attached hydrogen (secondary N) is 1. The number of rotatable bonds is 5. The van der Waals surface area contributed by atoms with E-state index in [1.165, 1.54) is 0 Å². The Balaban J connectivity index is 1.55. The number of hydrogen-bond acceptors (Lipinski definition) is 4. The molecule has 1 N–H and O–H groups in total. The molecular weight excluding hydrogens is 342 g/mol. The summed E-state index contributed by atoms with van der Waals surface area (Å²) in [6, 6.07) is 6.01. The summed E-state index contributed by atoms with van der Waals surface area (Å²) in [5.74, 6) is 1.26. The molecule has 7 heteroatoms. The molecule has 3 heterocycles. The average molecular weight is 367 g/mol. The number of aryl methyl sites for hydroxylation is 1. The van der Waals surface area contributed by atoms with E-state index in [1.54, 1.807) is 7.11 Å². The number of imidazole rings is 1. The Labute approximate surface area is 158 Å². The van der Waals surface area contributed by atoms with E-state index in [1.807, 2.05) is 42.4 Å². The van der Waals surface area contributed by atoms with E-state index in [2.05, 4.69) is 19.7 Å². The summed E-state index contributed by atoms with van der Waals surface area (Å²) in [5.41, 5.74) is 2.53. The Kier molecular flexibility index (Phi) is 4.94. The monoisotopic (exact) mass is 367 g/mol. The predicted molar refractivity (Wildman–Crippen MR) is 103 cm³/mol. The summed E-state index contributed by atoms with van der Waals surface area (Å²) in [6.07, 6.45) is 5.82. The van der Waals surface area contributed by atoms with E-state index >= 15 is 0 Å². The summed E-state index contributed by atoms with van der Waals surface area (Å²) >= 11 is 0. The van der Waals surface area contributed by atoms with Gasteiger partial charge < -0.3 is 14.2 Å². The molecule has 1 aromatic carbocycles. The van der Waals surface area contributed by atoms with E-state index in [4.69, 9.17) is 4.74 Å². The fourth-order valence-electron chi connectivity index (χ4n) is 3.87. The van der Waals surface area contributed by atoms with Crippen LogP contribution in [0, 0.1) is 6.92 Å². The molecular formula is C20H25N5O2. The maximum atomic E-state index is 13.2. The van der Waals surface area contributed by atoms with Crippen LogP contribution in [0.25, 0.3) is 10.9 Å². The summed E-state index contributed by atoms with van der Waals surface area (Å²) in [6.45, 7) is 4.88. The van der Waals surface area contributed by atoms with Gasteiger partial charge in [-0.05, 0) is 31.9 Å². The fourth-order valence-corrected chi connectivity index (χ4v) is 3.87. The number of methoxy groups -OCH3 is 1. The second-order valence-electron chi connectivity index (χ2n) is 7.18. The van der Waals surface area contributed by atoms with Gasteiger partial charge >= 0.3 is 0 Å². The number of amides is 1. The van der Waals surface area contributed by atoms with Crippen molar-refractivity contribution in [1.29, 1.82) is 0 Å². The number of benzene rings is 1. The zero-order chi connectivity index (χ0) is 18.8. The first-order valence-electron chi connectivity index (χ1n) is 9.41. The fraction of sp³-hybridized carbons (Fsp3) is 0.450. The lowest BCUT2D eigenvalue weighted by molar-refractivity contribution is 0.0698. The van der Waals surface area contributed by atoms with Gasteiger partial charge in [-0.1, -0.05) is 11.6 Å². The van der Waals surface area contributed by atoms with Gasteiger partial charge in [0.1, 0.15) is 5.82 Å². The number of piperidine rings is 1. The minimum Gasteiger partial charge on any atom is -0.383 e. The van der Waals surface area contributed by atoms with Crippen LogP contribution in [0.15, 0.2) is 30.6 Å². The van der Waals surface area contributed by atoms with Crippen molar-refractivity contribution in [1.82, 2.24) is 24.6 Å². The Morgan fingerprint density at radius 3 is 3.15 bits per heavy atom. The summed E-state index contributed by atoms with van der Waals surface area (Å²) in [5, 5.41) is 8.17. The van der Waals surface area contributed by atoms with E-state index in [0.717, 1.165) is 48.2 Å². The largest absolute Gasteiger partial charge is 0.383 e. The highest BCUT2D eigenvalue weighted by Gasteiger charge is 2.29. The molecule has 0 saturated carbocycles. The van der Waals surface area contributed by atoms with Crippen LogP contribution in [-0.4, -0.2) is 57.4 Å². The maximum Gasteiger partial charge on any atom is 0.275 e. The maximum absolute atomic E-state index is 13.2. The number of nitrogens with zero attached hydrogens (tertiary/aromatic N) is 4. The number of aromatic amines is 1. The molecule has 0 bridgehead atoms. The van der Waals surface area contributed by atoms with Crippen LogP contribution in [0.5, 0.6) is 0 Å².